The van der Waals surface area contributed by atoms with Gasteiger partial charge in [0, 0.05) is 30.5 Å². The van der Waals surface area contributed by atoms with Crippen LogP contribution in [0, 0.1) is 11.6 Å². The number of oxazole rings is 1. The molecule has 3 rings (SSSR count). The van der Waals surface area contributed by atoms with Crippen LogP contribution in [0.5, 0.6) is 0 Å². The Bertz CT molecular complexity index is 790. The third kappa shape index (κ3) is 3.60. The lowest BCUT2D eigenvalue weighted by Gasteiger charge is -2.12. The topological polar surface area (TPSA) is 51.0 Å². The second kappa shape index (κ2) is 6.66. The van der Waals surface area contributed by atoms with E-state index in [1.807, 2.05) is 19.1 Å². The van der Waals surface area contributed by atoms with E-state index in [1.165, 1.54) is 12.3 Å². The molecule has 1 aromatic carbocycles. The second-order valence-corrected chi connectivity index (χ2v) is 5.16. The van der Waals surface area contributed by atoms with Gasteiger partial charge < -0.3 is 9.73 Å². The maximum atomic E-state index is 13.3. The molecular weight excluding hydrogens is 300 g/mol. The quantitative estimate of drug-likeness (QED) is 0.776. The van der Waals surface area contributed by atoms with Crippen molar-refractivity contribution in [3.05, 3.63) is 71.9 Å². The van der Waals surface area contributed by atoms with E-state index in [9.17, 15) is 8.78 Å². The predicted molar refractivity (Wildman–Crippen MR) is 81.3 cm³/mol. The third-order valence-electron chi connectivity index (χ3n) is 3.51. The zero-order valence-electron chi connectivity index (χ0n) is 12.5. The van der Waals surface area contributed by atoms with Gasteiger partial charge in [0.25, 0.3) is 0 Å². The van der Waals surface area contributed by atoms with Crippen LogP contribution in [0.25, 0.3) is 11.5 Å². The summed E-state index contributed by atoms with van der Waals surface area (Å²) in [4.78, 5) is 8.27. The van der Waals surface area contributed by atoms with Crippen molar-refractivity contribution >= 4 is 0 Å². The predicted octanol–water partition coefficient (Wildman–Crippen LogP) is 3.87. The first kappa shape index (κ1) is 15.3. The molecule has 0 aliphatic rings. The van der Waals surface area contributed by atoms with Crippen LogP contribution >= 0.6 is 0 Å². The highest BCUT2D eigenvalue weighted by atomic mass is 19.2. The fourth-order valence-corrected chi connectivity index (χ4v) is 2.18. The summed E-state index contributed by atoms with van der Waals surface area (Å²) in [5.41, 5.74) is 2.20. The molecule has 0 spiro atoms. The number of nitrogens with zero attached hydrogens (tertiary/aromatic N) is 2. The smallest absolute Gasteiger partial charge is 0.226 e. The van der Waals surface area contributed by atoms with Gasteiger partial charge in [-0.1, -0.05) is 0 Å². The number of nitrogens with one attached hydrogen (secondary N) is 1. The van der Waals surface area contributed by atoms with Gasteiger partial charge in [-0.2, -0.15) is 0 Å². The van der Waals surface area contributed by atoms with E-state index in [1.54, 1.807) is 12.4 Å². The standard InChI is InChI=1S/C17H15F2N3O/c1-11(12-4-6-20-7-5-12)21-9-14-10-23-17(22-14)13-2-3-15(18)16(19)8-13/h2-8,10-11,21H,9H2,1H3/t11-/m1/s1. The number of pyridine rings is 1. The van der Waals surface area contributed by atoms with Crippen LogP contribution in [0.1, 0.15) is 24.2 Å². The maximum Gasteiger partial charge on any atom is 0.226 e. The van der Waals surface area contributed by atoms with E-state index in [2.05, 4.69) is 15.3 Å². The highest BCUT2D eigenvalue weighted by molar-refractivity contribution is 5.53. The van der Waals surface area contributed by atoms with Crippen LogP contribution in [0.4, 0.5) is 8.78 Å². The Morgan fingerprint density at radius 3 is 2.65 bits per heavy atom. The van der Waals surface area contributed by atoms with Gasteiger partial charge in [0.1, 0.15) is 6.26 Å². The van der Waals surface area contributed by atoms with E-state index in [0.29, 0.717) is 17.8 Å². The number of hydrogen-bond donors (Lipinski definition) is 1. The van der Waals surface area contributed by atoms with Gasteiger partial charge in [-0.05, 0) is 42.8 Å². The van der Waals surface area contributed by atoms with Gasteiger partial charge in [0.15, 0.2) is 11.6 Å². The fourth-order valence-electron chi connectivity index (χ4n) is 2.18. The van der Waals surface area contributed by atoms with E-state index in [4.69, 9.17) is 4.42 Å². The maximum absolute atomic E-state index is 13.3. The van der Waals surface area contributed by atoms with Crippen LogP contribution in [0.15, 0.2) is 53.4 Å². The first-order valence-electron chi connectivity index (χ1n) is 7.16. The molecule has 2 aromatic heterocycles. The molecule has 3 aromatic rings. The highest BCUT2D eigenvalue weighted by Crippen LogP contribution is 2.21. The van der Waals surface area contributed by atoms with Crippen molar-refractivity contribution in [2.24, 2.45) is 0 Å². The monoisotopic (exact) mass is 315 g/mol. The van der Waals surface area contributed by atoms with Gasteiger partial charge in [-0.25, -0.2) is 13.8 Å². The van der Waals surface area contributed by atoms with Gasteiger partial charge in [-0.15, -0.1) is 0 Å². The molecule has 0 unspecified atom stereocenters. The zero-order valence-corrected chi connectivity index (χ0v) is 12.5. The molecule has 0 saturated heterocycles. The Morgan fingerprint density at radius 2 is 1.91 bits per heavy atom. The molecule has 0 aliphatic carbocycles. The summed E-state index contributed by atoms with van der Waals surface area (Å²) in [5, 5.41) is 3.32. The van der Waals surface area contributed by atoms with Crippen LogP contribution in [0.2, 0.25) is 0 Å². The molecular formula is C17H15F2N3O. The lowest BCUT2D eigenvalue weighted by molar-refractivity contribution is 0.507. The van der Waals surface area contributed by atoms with Gasteiger partial charge in [0.2, 0.25) is 5.89 Å². The number of halogens is 2. The lowest BCUT2D eigenvalue weighted by atomic mass is 10.1. The van der Waals surface area contributed by atoms with Gasteiger partial charge >= 0.3 is 0 Å². The molecule has 1 N–H and O–H groups in total. The molecule has 118 valence electrons. The van der Waals surface area contributed by atoms with Gasteiger partial charge in [-0.3, -0.25) is 4.98 Å². The molecule has 0 radical (unpaired) electrons. The van der Waals surface area contributed by atoms with Crippen molar-refractivity contribution in [1.29, 1.82) is 0 Å². The number of aromatic nitrogens is 2. The molecule has 0 amide bonds. The Kier molecular flexibility index (Phi) is 4.43. The van der Waals surface area contributed by atoms with Crippen LogP contribution < -0.4 is 5.32 Å². The van der Waals surface area contributed by atoms with Crippen molar-refractivity contribution in [2.75, 3.05) is 0 Å². The minimum atomic E-state index is -0.924. The first-order chi connectivity index (χ1) is 11.1. The fraction of sp³-hybridized carbons (Fsp3) is 0.176. The van der Waals surface area contributed by atoms with Crippen molar-refractivity contribution in [3.63, 3.8) is 0 Å². The Labute approximate surface area is 132 Å². The molecule has 1 atom stereocenters. The first-order valence-corrected chi connectivity index (χ1v) is 7.16. The van der Waals surface area contributed by atoms with Crippen molar-refractivity contribution in [3.8, 4) is 11.5 Å². The lowest BCUT2D eigenvalue weighted by Crippen LogP contribution is -2.18. The Balaban J connectivity index is 1.66. The van der Waals surface area contributed by atoms with Crippen molar-refractivity contribution < 1.29 is 13.2 Å². The third-order valence-corrected chi connectivity index (χ3v) is 3.51. The Hall–Kier alpha value is -2.60. The van der Waals surface area contributed by atoms with Gasteiger partial charge in [0.05, 0.1) is 5.69 Å². The molecule has 2 heterocycles. The molecule has 0 aliphatic heterocycles. The summed E-state index contributed by atoms with van der Waals surface area (Å²) in [6, 6.07) is 7.55. The molecule has 0 fully saturated rings. The normalized spacial score (nSPS) is 12.3. The van der Waals surface area contributed by atoms with Crippen LogP contribution in [0.3, 0.4) is 0 Å². The summed E-state index contributed by atoms with van der Waals surface area (Å²) in [7, 11) is 0. The summed E-state index contributed by atoms with van der Waals surface area (Å²) in [5.74, 6) is -1.56. The molecule has 23 heavy (non-hydrogen) atoms. The number of hydrogen-bond acceptors (Lipinski definition) is 4. The minimum Gasteiger partial charge on any atom is -0.444 e. The Morgan fingerprint density at radius 1 is 1.13 bits per heavy atom. The van der Waals surface area contributed by atoms with Crippen LogP contribution in [-0.4, -0.2) is 9.97 Å². The average molecular weight is 315 g/mol. The largest absolute Gasteiger partial charge is 0.444 e. The molecule has 0 bridgehead atoms. The zero-order chi connectivity index (χ0) is 16.2. The van der Waals surface area contributed by atoms with Crippen LogP contribution in [-0.2, 0) is 6.54 Å². The van der Waals surface area contributed by atoms with E-state index < -0.39 is 11.6 Å². The van der Waals surface area contributed by atoms with E-state index in [-0.39, 0.29) is 11.9 Å². The van der Waals surface area contributed by atoms with E-state index in [0.717, 1.165) is 17.7 Å². The highest BCUT2D eigenvalue weighted by Gasteiger charge is 2.11. The summed E-state index contributed by atoms with van der Waals surface area (Å²) in [6.07, 6.45) is 4.98. The minimum absolute atomic E-state index is 0.126. The van der Waals surface area contributed by atoms with Crippen molar-refractivity contribution in [1.82, 2.24) is 15.3 Å². The van der Waals surface area contributed by atoms with Crippen molar-refractivity contribution in [2.45, 2.75) is 19.5 Å². The second-order valence-electron chi connectivity index (χ2n) is 5.16. The number of rotatable bonds is 5. The van der Waals surface area contributed by atoms with E-state index >= 15 is 0 Å². The molecule has 6 heteroatoms. The summed E-state index contributed by atoms with van der Waals surface area (Å²) < 4.78 is 31.5. The average Bonchev–Trinajstić information content (AvgIpc) is 3.05. The molecule has 4 nitrogen and oxygen atoms in total. The summed E-state index contributed by atoms with van der Waals surface area (Å²) >= 11 is 0. The summed E-state index contributed by atoms with van der Waals surface area (Å²) in [6.45, 7) is 2.53. The SMILES string of the molecule is C[C@@H](NCc1coc(-c2ccc(F)c(F)c2)n1)c1ccncc1. The molecule has 0 saturated carbocycles. The number of benzene rings is 1.